The summed E-state index contributed by atoms with van der Waals surface area (Å²) in [5.41, 5.74) is 2.56. The number of aromatic nitrogens is 1. The van der Waals surface area contributed by atoms with Crippen molar-refractivity contribution in [3.05, 3.63) is 96.2 Å². The normalized spacial score (nSPS) is 15.5. The highest BCUT2D eigenvalue weighted by Gasteiger charge is 2.33. The molecule has 0 unspecified atom stereocenters. The van der Waals surface area contributed by atoms with Crippen molar-refractivity contribution in [2.24, 2.45) is 4.99 Å². The Bertz CT molecular complexity index is 1470. The molecule has 1 aliphatic rings. The van der Waals surface area contributed by atoms with E-state index in [0.717, 1.165) is 16.0 Å². The van der Waals surface area contributed by atoms with E-state index in [1.807, 2.05) is 30.5 Å². The first kappa shape index (κ1) is 23.7. The number of carbonyl (C=O) groups is 2. The first-order valence-electron chi connectivity index (χ1n) is 10.3. The van der Waals surface area contributed by atoms with Gasteiger partial charge in [0.25, 0.3) is 5.56 Å². The van der Waals surface area contributed by atoms with Crippen LogP contribution in [0.15, 0.2) is 74.5 Å². The molecule has 0 amide bonds. The molecule has 1 atom stereocenters. The van der Waals surface area contributed by atoms with Gasteiger partial charge < -0.3 is 9.47 Å². The molecule has 4 rings (SSSR count). The third kappa shape index (κ3) is 4.36. The lowest BCUT2D eigenvalue weighted by Crippen LogP contribution is -2.39. The Morgan fingerprint density at radius 3 is 2.26 bits per heavy atom. The third-order valence-electron chi connectivity index (χ3n) is 5.49. The van der Waals surface area contributed by atoms with Gasteiger partial charge in [-0.2, -0.15) is 0 Å². The molecule has 2 aromatic carbocycles. The smallest absolute Gasteiger partial charge is 0.338 e. The number of fused-ring (bicyclic) bond motifs is 1. The Hall–Kier alpha value is -3.43. The number of hydrogen-bond donors (Lipinski definition) is 0. The molecule has 1 aromatic heterocycles. The number of allylic oxidation sites excluding steroid dienone is 1. The van der Waals surface area contributed by atoms with Crippen LogP contribution in [-0.2, 0) is 14.3 Å². The lowest BCUT2D eigenvalue weighted by Gasteiger charge is -2.24. The first-order valence-corrected chi connectivity index (χ1v) is 12.3. The van der Waals surface area contributed by atoms with Crippen LogP contribution in [0.2, 0.25) is 0 Å². The van der Waals surface area contributed by atoms with Gasteiger partial charge in [-0.1, -0.05) is 35.6 Å². The van der Waals surface area contributed by atoms with E-state index in [0.29, 0.717) is 26.2 Å². The van der Waals surface area contributed by atoms with Gasteiger partial charge in [0.05, 0.1) is 41.6 Å². The zero-order valence-corrected chi connectivity index (χ0v) is 20.7. The van der Waals surface area contributed by atoms with E-state index in [1.165, 1.54) is 25.6 Å². The molecule has 7 nitrogen and oxygen atoms in total. The maximum absolute atomic E-state index is 13.5. The average Bonchev–Trinajstić information content (AvgIpc) is 3.16. The summed E-state index contributed by atoms with van der Waals surface area (Å²) in [5, 5.41) is 0. The monoisotopic (exact) mass is 494 g/mol. The number of ether oxygens (including phenoxy) is 2. The number of hydrogen-bond acceptors (Lipinski definition) is 8. The summed E-state index contributed by atoms with van der Waals surface area (Å²) >= 11 is 2.86. The lowest BCUT2D eigenvalue weighted by molar-refractivity contribution is -0.136. The van der Waals surface area contributed by atoms with Crippen molar-refractivity contribution in [1.82, 2.24) is 4.57 Å². The Balaban J connectivity index is 1.87. The summed E-state index contributed by atoms with van der Waals surface area (Å²) < 4.78 is 11.8. The van der Waals surface area contributed by atoms with E-state index < -0.39 is 18.0 Å². The molecule has 1 aliphatic heterocycles. The minimum Gasteiger partial charge on any atom is -0.466 e. The van der Waals surface area contributed by atoms with Crippen LogP contribution in [0.5, 0.6) is 0 Å². The van der Waals surface area contributed by atoms with Crippen LogP contribution in [0.25, 0.3) is 6.08 Å². The minimum absolute atomic E-state index is 0.256. The molecular formula is C25H22N2O5S2. The van der Waals surface area contributed by atoms with Gasteiger partial charge in [-0.25, -0.2) is 14.6 Å². The number of benzene rings is 2. The predicted molar refractivity (Wildman–Crippen MR) is 132 cm³/mol. The fourth-order valence-corrected chi connectivity index (χ4v) is 5.23. The molecule has 174 valence electrons. The molecule has 0 spiro atoms. The summed E-state index contributed by atoms with van der Waals surface area (Å²) in [7, 11) is 2.65. The van der Waals surface area contributed by atoms with Crippen molar-refractivity contribution in [2.45, 2.75) is 17.9 Å². The molecule has 34 heavy (non-hydrogen) atoms. The van der Waals surface area contributed by atoms with Gasteiger partial charge in [0.15, 0.2) is 4.80 Å². The van der Waals surface area contributed by atoms with E-state index in [1.54, 1.807) is 53.6 Å². The molecule has 0 bridgehead atoms. The first-order chi connectivity index (χ1) is 16.4. The Kier molecular flexibility index (Phi) is 6.85. The van der Waals surface area contributed by atoms with E-state index in [9.17, 15) is 14.4 Å². The molecule has 0 saturated heterocycles. The van der Waals surface area contributed by atoms with Crippen LogP contribution in [0.4, 0.5) is 0 Å². The summed E-state index contributed by atoms with van der Waals surface area (Å²) in [6.07, 6.45) is 3.73. The van der Waals surface area contributed by atoms with E-state index >= 15 is 0 Å². The molecule has 2 heterocycles. The summed E-state index contributed by atoms with van der Waals surface area (Å²) in [6, 6.07) is 13.9. The van der Waals surface area contributed by atoms with Crippen molar-refractivity contribution in [2.75, 3.05) is 20.5 Å². The second-order valence-corrected chi connectivity index (χ2v) is 9.35. The van der Waals surface area contributed by atoms with E-state index in [2.05, 4.69) is 4.99 Å². The average molecular weight is 495 g/mol. The molecule has 0 fully saturated rings. The second-order valence-electron chi connectivity index (χ2n) is 7.46. The predicted octanol–water partition coefficient (Wildman–Crippen LogP) is 2.92. The van der Waals surface area contributed by atoms with Crippen molar-refractivity contribution in [3.8, 4) is 0 Å². The number of thioether (sulfide) groups is 1. The number of carbonyl (C=O) groups excluding carboxylic acids is 2. The summed E-state index contributed by atoms with van der Waals surface area (Å²) in [4.78, 5) is 44.1. The fourth-order valence-electron chi connectivity index (χ4n) is 3.78. The maximum Gasteiger partial charge on any atom is 0.338 e. The van der Waals surface area contributed by atoms with Gasteiger partial charge in [-0.3, -0.25) is 9.36 Å². The molecule has 0 aliphatic carbocycles. The molecule has 0 saturated carbocycles. The number of methoxy groups -OCH3 is 2. The molecule has 3 aromatic rings. The summed E-state index contributed by atoms with van der Waals surface area (Å²) in [5.74, 6) is -0.947. The van der Waals surface area contributed by atoms with Gasteiger partial charge >= 0.3 is 11.9 Å². The van der Waals surface area contributed by atoms with Crippen LogP contribution in [-0.4, -0.2) is 37.0 Å². The quantitative estimate of drug-likeness (QED) is 0.401. The Morgan fingerprint density at radius 2 is 1.68 bits per heavy atom. The van der Waals surface area contributed by atoms with Gasteiger partial charge in [0.1, 0.15) is 0 Å². The minimum atomic E-state index is -0.650. The van der Waals surface area contributed by atoms with E-state index in [4.69, 9.17) is 9.47 Å². The molecular weight excluding hydrogens is 472 g/mol. The SMILES string of the molecule is COC(=O)C1=C(C)N=c2s/c(=C\c3ccc(C(=O)OC)cc3)c(=O)n2[C@@H]1c1ccc(SC)cc1. The lowest BCUT2D eigenvalue weighted by atomic mass is 9.96. The Morgan fingerprint density at radius 1 is 1.03 bits per heavy atom. The van der Waals surface area contributed by atoms with Crippen molar-refractivity contribution < 1.29 is 19.1 Å². The number of nitrogens with zero attached hydrogens (tertiary/aromatic N) is 2. The van der Waals surface area contributed by atoms with Crippen LogP contribution in [0.3, 0.4) is 0 Å². The number of rotatable bonds is 5. The number of esters is 2. The third-order valence-corrected chi connectivity index (χ3v) is 7.21. The largest absolute Gasteiger partial charge is 0.466 e. The summed E-state index contributed by atoms with van der Waals surface area (Å²) in [6.45, 7) is 1.75. The van der Waals surface area contributed by atoms with Gasteiger partial charge in [0, 0.05) is 4.90 Å². The van der Waals surface area contributed by atoms with Gasteiger partial charge in [-0.05, 0) is 54.6 Å². The molecule has 0 radical (unpaired) electrons. The van der Waals surface area contributed by atoms with Crippen LogP contribution in [0, 0.1) is 0 Å². The van der Waals surface area contributed by atoms with Crippen molar-refractivity contribution >= 4 is 41.1 Å². The zero-order valence-electron chi connectivity index (χ0n) is 19.0. The van der Waals surface area contributed by atoms with Gasteiger partial charge in [-0.15, -0.1) is 11.8 Å². The topological polar surface area (TPSA) is 87.0 Å². The second kappa shape index (κ2) is 9.82. The highest BCUT2D eigenvalue weighted by molar-refractivity contribution is 7.98. The van der Waals surface area contributed by atoms with Gasteiger partial charge in [0.2, 0.25) is 0 Å². The highest BCUT2D eigenvalue weighted by Crippen LogP contribution is 2.31. The number of thiazole rings is 1. The van der Waals surface area contributed by atoms with Crippen molar-refractivity contribution in [1.29, 1.82) is 0 Å². The maximum atomic E-state index is 13.5. The fraction of sp³-hybridized carbons (Fsp3) is 0.200. The van der Waals surface area contributed by atoms with Crippen LogP contribution >= 0.6 is 23.1 Å². The zero-order chi connectivity index (χ0) is 24.4. The highest BCUT2D eigenvalue weighted by atomic mass is 32.2. The Labute approximate surface area is 204 Å². The van der Waals surface area contributed by atoms with Crippen LogP contribution < -0.4 is 14.9 Å². The molecule has 9 heteroatoms. The van der Waals surface area contributed by atoms with Crippen LogP contribution in [0.1, 0.15) is 34.5 Å². The van der Waals surface area contributed by atoms with Crippen molar-refractivity contribution in [3.63, 3.8) is 0 Å². The molecule has 0 N–H and O–H groups in total. The van der Waals surface area contributed by atoms with E-state index in [-0.39, 0.29) is 5.56 Å². The standard InChI is InChI=1S/C25H22N2O5S2/c1-14-20(24(30)32-3)21(16-9-11-18(33-4)12-10-16)27-22(28)19(34-25(27)26-14)13-15-5-7-17(8-6-15)23(29)31-2/h5-13,21H,1-4H3/b19-13-/t21-/m1/s1.